The molecule has 0 aromatic carbocycles. The number of rotatable bonds is 6. The van der Waals surface area contributed by atoms with Gasteiger partial charge < -0.3 is 49.6 Å². The van der Waals surface area contributed by atoms with E-state index in [1.807, 2.05) is 20.8 Å². The molecule has 0 spiro atoms. The fraction of sp³-hybridized carbons (Fsp3) is 0.952. The normalized spacial score (nSPS) is 52.7. The molecule has 32 heavy (non-hydrogen) atoms. The highest BCUT2D eigenvalue weighted by Gasteiger charge is 2.67. The zero-order valence-corrected chi connectivity index (χ0v) is 18.5. The van der Waals surface area contributed by atoms with Crippen LogP contribution in [0.25, 0.3) is 0 Å². The number of fused-ring (bicyclic) bond motifs is 2. The van der Waals surface area contributed by atoms with Gasteiger partial charge in [0.15, 0.2) is 12.6 Å². The van der Waals surface area contributed by atoms with Gasteiger partial charge in [0.2, 0.25) is 0 Å². The highest BCUT2D eigenvalue weighted by atomic mass is 16.7. The van der Waals surface area contributed by atoms with Crippen LogP contribution < -0.4 is 0 Å². The van der Waals surface area contributed by atoms with Crippen LogP contribution in [0.2, 0.25) is 0 Å². The zero-order valence-electron chi connectivity index (χ0n) is 18.5. The highest BCUT2D eigenvalue weighted by Crippen LogP contribution is 2.64. The molecule has 2 heterocycles. The predicted molar refractivity (Wildman–Crippen MR) is 105 cm³/mol. The van der Waals surface area contributed by atoms with Crippen molar-refractivity contribution in [2.75, 3.05) is 19.8 Å². The van der Waals surface area contributed by atoms with Crippen LogP contribution in [0.4, 0.5) is 0 Å². The molecule has 4 fully saturated rings. The average Bonchev–Trinajstić information content (AvgIpc) is 3.21. The van der Waals surface area contributed by atoms with Gasteiger partial charge in [0.05, 0.1) is 31.3 Å². The maximum absolute atomic E-state index is 12.7. The van der Waals surface area contributed by atoms with Gasteiger partial charge in [-0.2, -0.15) is 0 Å². The summed E-state index contributed by atoms with van der Waals surface area (Å²) in [6.45, 7) is 4.48. The van der Waals surface area contributed by atoms with E-state index in [-0.39, 0.29) is 30.3 Å². The predicted octanol–water partition coefficient (Wildman–Crippen LogP) is -2.34. The fourth-order valence-electron chi connectivity index (χ4n) is 5.59. The molecule has 0 amide bonds. The second kappa shape index (κ2) is 8.19. The topological polar surface area (TPSA) is 175 Å². The van der Waals surface area contributed by atoms with E-state index in [2.05, 4.69) is 0 Å². The van der Waals surface area contributed by atoms with E-state index in [1.165, 1.54) is 0 Å². The van der Waals surface area contributed by atoms with Crippen LogP contribution >= 0.6 is 0 Å². The van der Waals surface area contributed by atoms with Crippen LogP contribution in [-0.2, 0) is 23.7 Å². The van der Waals surface area contributed by atoms with Gasteiger partial charge in [0, 0.05) is 6.42 Å². The number of hydrogen-bond donors (Lipinski definition) is 6. The summed E-state index contributed by atoms with van der Waals surface area (Å²) < 4.78 is 22.3. The number of hydrogen-bond acceptors (Lipinski definition) is 11. The first-order valence-corrected chi connectivity index (χ1v) is 11.0. The van der Waals surface area contributed by atoms with Crippen molar-refractivity contribution in [1.82, 2.24) is 0 Å². The van der Waals surface area contributed by atoms with Crippen LogP contribution in [-0.4, -0.2) is 111 Å². The molecule has 2 aliphatic heterocycles. The molecular formula is C21H34O11. The molecule has 2 bridgehead atoms. The summed E-state index contributed by atoms with van der Waals surface area (Å²) in [6.07, 6.45) is -9.35. The minimum atomic E-state index is -1.87. The Balaban J connectivity index is 1.42. The van der Waals surface area contributed by atoms with Gasteiger partial charge in [-0.05, 0) is 24.7 Å². The summed E-state index contributed by atoms with van der Waals surface area (Å²) in [5, 5.41) is 60.5. The first kappa shape index (κ1) is 24.4. The molecule has 184 valence electrons. The Morgan fingerprint density at radius 2 is 1.75 bits per heavy atom. The molecule has 6 N–H and O–H groups in total. The lowest BCUT2D eigenvalue weighted by Crippen LogP contribution is -2.61. The summed E-state index contributed by atoms with van der Waals surface area (Å²) in [7, 11) is 0. The number of ether oxygens (including phenoxy) is 4. The summed E-state index contributed by atoms with van der Waals surface area (Å²) >= 11 is 0. The first-order chi connectivity index (χ1) is 14.9. The third-order valence-corrected chi connectivity index (χ3v) is 8.48. The maximum Gasteiger partial charge on any atom is 0.187 e. The molecule has 11 nitrogen and oxygen atoms in total. The van der Waals surface area contributed by atoms with Gasteiger partial charge in [0.25, 0.3) is 0 Å². The van der Waals surface area contributed by atoms with Crippen LogP contribution in [0.15, 0.2) is 0 Å². The molecule has 4 aliphatic rings. The lowest BCUT2D eigenvalue weighted by atomic mass is 9.69. The van der Waals surface area contributed by atoms with E-state index in [4.69, 9.17) is 18.9 Å². The van der Waals surface area contributed by atoms with Gasteiger partial charge in [0.1, 0.15) is 41.9 Å². The van der Waals surface area contributed by atoms with Crippen molar-refractivity contribution in [1.29, 1.82) is 0 Å². The molecule has 4 rings (SSSR count). The third-order valence-electron chi connectivity index (χ3n) is 8.48. The third kappa shape index (κ3) is 3.46. The van der Waals surface area contributed by atoms with E-state index in [1.54, 1.807) is 0 Å². The van der Waals surface area contributed by atoms with Crippen molar-refractivity contribution in [3.05, 3.63) is 0 Å². The molecule has 11 atom stereocenters. The van der Waals surface area contributed by atoms with E-state index < -0.39 is 66.8 Å². The number of aliphatic hydroxyl groups excluding tert-OH is 5. The number of Topliss-reactive ketones (excluding diaryl/α,β-unsaturated/α-hetero) is 1. The van der Waals surface area contributed by atoms with Crippen molar-refractivity contribution in [3.8, 4) is 0 Å². The van der Waals surface area contributed by atoms with Crippen LogP contribution in [0.1, 0.15) is 33.6 Å². The molecule has 2 saturated heterocycles. The largest absolute Gasteiger partial charge is 0.393 e. The highest BCUT2D eigenvalue weighted by molar-refractivity contribution is 5.90. The van der Waals surface area contributed by atoms with Crippen LogP contribution in [0, 0.1) is 16.7 Å². The van der Waals surface area contributed by atoms with Gasteiger partial charge >= 0.3 is 0 Å². The fourth-order valence-corrected chi connectivity index (χ4v) is 5.59. The number of carbonyl (C=O) groups is 1. The Morgan fingerprint density at radius 3 is 2.31 bits per heavy atom. The summed E-state index contributed by atoms with van der Waals surface area (Å²) in [5.74, 6) is 0.241. The minimum absolute atomic E-state index is 0.0956. The summed E-state index contributed by atoms with van der Waals surface area (Å²) in [5.41, 5.74) is -2.91. The van der Waals surface area contributed by atoms with Crippen molar-refractivity contribution < 1.29 is 54.4 Å². The van der Waals surface area contributed by atoms with Crippen LogP contribution in [0.3, 0.4) is 0 Å². The van der Waals surface area contributed by atoms with Gasteiger partial charge in [-0.1, -0.05) is 13.8 Å². The van der Waals surface area contributed by atoms with E-state index in [0.717, 1.165) is 0 Å². The van der Waals surface area contributed by atoms with Crippen molar-refractivity contribution in [2.45, 2.75) is 88.4 Å². The molecule has 2 saturated carbocycles. The quantitative estimate of drug-likeness (QED) is 0.249. The van der Waals surface area contributed by atoms with Crippen molar-refractivity contribution >= 4 is 5.78 Å². The standard InChI is InChI=1S/C21H34O11/c1-19(2)9-4-11(23)20(19,3)12(5-9)32-17-15(26)14(25)13(24)10(31-17)6-29-18-16(27)21(28,7-22)8-30-18/h9-10,12-18,22,24-28H,4-8H2,1-3H3/t9-,10-,12-,13-,14+,15-,16+,17+,18-,20+,21-/m1/s1. The molecule has 0 radical (unpaired) electrons. The van der Waals surface area contributed by atoms with E-state index in [0.29, 0.717) is 12.8 Å². The van der Waals surface area contributed by atoms with Crippen LogP contribution in [0.5, 0.6) is 0 Å². The zero-order chi connectivity index (χ0) is 23.6. The lowest BCUT2D eigenvalue weighted by Gasteiger charge is -2.44. The Morgan fingerprint density at radius 1 is 1.06 bits per heavy atom. The summed E-state index contributed by atoms with van der Waals surface area (Å²) in [4.78, 5) is 12.7. The summed E-state index contributed by atoms with van der Waals surface area (Å²) in [6, 6.07) is 0. The Labute approximate surface area is 185 Å². The number of ketones is 1. The lowest BCUT2D eigenvalue weighted by molar-refractivity contribution is -0.324. The Bertz CT molecular complexity index is 731. The Kier molecular flexibility index (Phi) is 6.24. The molecule has 11 heteroatoms. The maximum atomic E-state index is 12.7. The minimum Gasteiger partial charge on any atom is -0.393 e. The van der Waals surface area contributed by atoms with Gasteiger partial charge in [-0.25, -0.2) is 0 Å². The first-order valence-electron chi connectivity index (χ1n) is 11.0. The number of aliphatic hydroxyl groups is 6. The van der Waals surface area contributed by atoms with Crippen molar-refractivity contribution in [2.24, 2.45) is 16.7 Å². The molecule has 0 aromatic rings. The van der Waals surface area contributed by atoms with Crippen molar-refractivity contribution in [3.63, 3.8) is 0 Å². The van der Waals surface area contributed by atoms with Gasteiger partial charge in [-0.15, -0.1) is 0 Å². The monoisotopic (exact) mass is 462 g/mol. The Hall–Kier alpha value is -0.730. The second-order valence-corrected chi connectivity index (χ2v) is 10.3. The molecule has 0 unspecified atom stereocenters. The number of carbonyl (C=O) groups excluding carboxylic acids is 1. The smallest absolute Gasteiger partial charge is 0.187 e. The SMILES string of the molecule is CC1(C)[C@@H]2CC(=O)[C@@]1(C)[C@H](O[C@@H]1O[C@H](CO[C@@H]3OC[C@](O)(CO)[C@H]3O)[C@@H](O)[C@H](O)[C@H]1O)C2. The van der Waals surface area contributed by atoms with E-state index >= 15 is 0 Å². The van der Waals surface area contributed by atoms with E-state index in [9.17, 15) is 35.4 Å². The molecule has 2 aliphatic carbocycles. The molecule has 0 aromatic heterocycles. The molecular weight excluding hydrogens is 428 g/mol. The second-order valence-electron chi connectivity index (χ2n) is 10.3. The average molecular weight is 462 g/mol. The van der Waals surface area contributed by atoms with Gasteiger partial charge in [-0.3, -0.25) is 4.79 Å².